The number of hydrogen-bond acceptors (Lipinski definition) is 3. The maximum atomic E-state index is 14.0. The molecule has 0 radical (unpaired) electrons. The van der Waals surface area contributed by atoms with Crippen LogP contribution in [0.15, 0.2) is 29.2 Å². The highest BCUT2D eigenvalue weighted by Gasteiger charge is 2.47. The number of cyclic esters (lactones) is 1. The van der Waals surface area contributed by atoms with Crippen molar-refractivity contribution in [1.29, 1.82) is 0 Å². The lowest BCUT2D eigenvalue weighted by atomic mass is 10.00. The fourth-order valence-electron chi connectivity index (χ4n) is 1.96. The van der Waals surface area contributed by atoms with E-state index in [9.17, 15) is 13.6 Å². The lowest BCUT2D eigenvalue weighted by molar-refractivity contribution is -0.104. The molecule has 21 heavy (non-hydrogen) atoms. The van der Waals surface area contributed by atoms with E-state index in [1.807, 2.05) is 20.8 Å². The van der Waals surface area contributed by atoms with Gasteiger partial charge in [-0.15, -0.1) is 24.2 Å². The molecule has 1 amide bonds. The molecular formula is C14H18ClF2NO2S. The smallest absolute Gasteiger partial charge is 0.408 e. The monoisotopic (exact) mass is 337 g/mol. The molecule has 3 nitrogen and oxygen atoms in total. The third-order valence-electron chi connectivity index (χ3n) is 2.73. The quantitative estimate of drug-likeness (QED) is 0.812. The molecule has 1 aliphatic heterocycles. The fourth-order valence-corrected chi connectivity index (χ4v) is 3.07. The van der Waals surface area contributed by atoms with Crippen LogP contribution in [-0.4, -0.2) is 23.4 Å². The molecule has 0 saturated carbocycles. The van der Waals surface area contributed by atoms with Gasteiger partial charge < -0.3 is 10.1 Å². The summed E-state index contributed by atoms with van der Waals surface area (Å²) in [6, 6.07) is 5.56. The average Bonchev–Trinajstić information content (AvgIpc) is 2.31. The number of benzene rings is 1. The van der Waals surface area contributed by atoms with Crippen LogP contribution in [-0.2, 0) is 4.74 Å². The summed E-state index contributed by atoms with van der Waals surface area (Å²) in [7, 11) is 0. The first-order chi connectivity index (χ1) is 9.19. The van der Waals surface area contributed by atoms with Gasteiger partial charge in [0.2, 0.25) is 0 Å². The van der Waals surface area contributed by atoms with E-state index in [2.05, 4.69) is 10.1 Å². The summed E-state index contributed by atoms with van der Waals surface area (Å²) in [5, 5.41) is 2.22. The minimum absolute atomic E-state index is 0. The summed E-state index contributed by atoms with van der Waals surface area (Å²) in [5.41, 5.74) is 0.425. The van der Waals surface area contributed by atoms with Crippen molar-refractivity contribution in [1.82, 2.24) is 5.32 Å². The standard InChI is InChI=1S/C14H17F2NO2S.ClH/c1-13(2,3)20-10-7-5-4-6-9(10)11-14(15,16)8-19-12(18)17-11;/h4-7,11H,8H2,1-3H3,(H,17,18);1H/t11-;/m1./s1. The number of nitrogens with one attached hydrogen (secondary N) is 1. The summed E-state index contributed by atoms with van der Waals surface area (Å²) in [6.45, 7) is 5.14. The number of hydrogen-bond donors (Lipinski definition) is 1. The normalized spacial score (nSPS) is 21.0. The number of amides is 1. The van der Waals surface area contributed by atoms with E-state index >= 15 is 0 Å². The predicted molar refractivity (Wildman–Crippen MR) is 81.5 cm³/mol. The van der Waals surface area contributed by atoms with Crippen molar-refractivity contribution >= 4 is 30.3 Å². The van der Waals surface area contributed by atoms with Gasteiger partial charge in [0.1, 0.15) is 6.04 Å². The zero-order chi connectivity index (χ0) is 15.0. The number of carbonyl (C=O) groups is 1. The second-order valence-corrected chi connectivity index (χ2v) is 7.54. The summed E-state index contributed by atoms with van der Waals surface area (Å²) >= 11 is 1.50. The molecule has 7 heteroatoms. The van der Waals surface area contributed by atoms with Crippen LogP contribution in [0.1, 0.15) is 32.4 Å². The van der Waals surface area contributed by atoms with E-state index in [4.69, 9.17) is 0 Å². The van der Waals surface area contributed by atoms with E-state index in [1.54, 1.807) is 24.3 Å². The summed E-state index contributed by atoms with van der Waals surface area (Å²) < 4.78 is 32.3. The Morgan fingerprint density at radius 2 is 1.95 bits per heavy atom. The molecule has 0 spiro atoms. The van der Waals surface area contributed by atoms with E-state index in [0.29, 0.717) is 5.56 Å². The molecule has 0 bridgehead atoms. The van der Waals surface area contributed by atoms with Crippen LogP contribution in [0.2, 0.25) is 0 Å². The molecule has 2 rings (SSSR count). The first-order valence-electron chi connectivity index (χ1n) is 6.28. The van der Waals surface area contributed by atoms with Gasteiger partial charge in [0.05, 0.1) is 0 Å². The van der Waals surface area contributed by atoms with Gasteiger partial charge in [-0.1, -0.05) is 39.0 Å². The number of alkyl halides is 2. The van der Waals surface area contributed by atoms with Crippen LogP contribution >= 0.6 is 24.2 Å². The SMILES string of the molecule is CC(C)(C)Sc1ccccc1[C@H]1NC(=O)OCC1(F)F.Cl. The van der Waals surface area contributed by atoms with E-state index in [1.165, 1.54) is 11.8 Å². The van der Waals surface area contributed by atoms with Crippen molar-refractivity contribution in [2.45, 2.75) is 42.4 Å². The lowest BCUT2D eigenvalue weighted by Gasteiger charge is -2.33. The number of thioether (sulfide) groups is 1. The molecule has 1 aliphatic rings. The third-order valence-corrected chi connectivity index (χ3v) is 3.93. The molecule has 1 aromatic rings. The average molecular weight is 338 g/mol. The molecular weight excluding hydrogens is 320 g/mol. The Balaban J connectivity index is 0.00000220. The highest BCUT2D eigenvalue weighted by atomic mass is 35.5. The maximum absolute atomic E-state index is 14.0. The van der Waals surface area contributed by atoms with Crippen molar-refractivity contribution in [2.24, 2.45) is 0 Å². The largest absolute Gasteiger partial charge is 0.443 e. The van der Waals surface area contributed by atoms with Crippen molar-refractivity contribution in [3.8, 4) is 0 Å². The van der Waals surface area contributed by atoms with Gasteiger partial charge in [-0.2, -0.15) is 0 Å². The zero-order valence-electron chi connectivity index (χ0n) is 12.0. The number of carbonyl (C=O) groups excluding carboxylic acids is 1. The van der Waals surface area contributed by atoms with Gasteiger partial charge in [-0.05, 0) is 11.6 Å². The van der Waals surface area contributed by atoms with E-state index < -0.39 is 24.7 Å². The number of halogens is 3. The minimum Gasteiger partial charge on any atom is -0.443 e. The Bertz CT molecular complexity index is 520. The molecule has 118 valence electrons. The third kappa shape index (κ3) is 4.48. The molecule has 1 heterocycles. The van der Waals surface area contributed by atoms with Gasteiger partial charge in [-0.25, -0.2) is 13.6 Å². The Labute approximate surface area is 133 Å². The summed E-state index contributed by atoms with van der Waals surface area (Å²) in [4.78, 5) is 12.0. The van der Waals surface area contributed by atoms with Crippen LogP contribution in [0, 0.1) is 0 Å². The van der Waals surface area contributed by atoms with Gasteiger partial charge in [-0.3, -0.25) is 0 Å². The number of alkyl carbamates (subject to hydrolysis) is 1. The first-order valence-corrected chi connectivity index (χ1v) is 7.10. The van der Waals surface area contributed by atoms with Gasteiger partial charge in [0, 0.05) is 9.64 Å². The number of rotatable bonds is 2. The molecule has 1 fully saturated rings. The second kappa shape index (κ2) is 6.40. The first kappa shape index (κ1) is 18.0. The highest BCUT2D eigenvalue weighted by Crippen LogP contribution is 2.41. The second-order valence-electron chi connectivity index (χ2n) is 5.67. The van der Waals surface area contributed by atoms with Crippen LogP contribution < -0.4 is 5.32 Å². The maximum Gasteiger partial charge on any atom is 0.408 e. The Kier molecular flexibility index (Phi) is 5.50. The van der Waals surface area contributed by atoms with E-state index in [0.717, 1.165) is 4.90 Å². The molecule has 0 unspecified atom stereocenters. The number of ether oxygens (including phenoxy) is 1. The van der Waals surface area contributed by atoms with Crippen LogP contribution in [0.3, 0.4) is 0 Å². The van der Waals surface area contributed by atoms with Crippen molar-refractivity contribution in [3.63, 3.8) is 0 Å². The van der Waals surface area contributed by atoms with Crippen LogP contribution in [0.5, 0.6) is 0 Å². The molecule has 1 aromatic carbocycles. The molecule has 1 saturated heterocycles. The Morgan fingerprint density at radius 1 is 1.33 bits per heavy atom. The van der Waals surface area contributed by atoms with Gasteiger partial charge >= 0.3 is 12.0 Å². The molecule has 1 atom stereocenters. The van der Waals surface area contributed by atoms with Crippen LogP contribution in [0.25, 0.3) is 0 Å². The molecule has 0 aromatic heterocycles. The zero-order valence-corrected chi connectivity index (χ0v) is 13.6. The van der Waals surface area contributed by atoms with Crippen LogP contribution in [0.4, 0.5) is 13.6 Å². The van der Waals surface area contributed by atoms with Gasteiger partial charge in [0.15, 0.2) is 6.61 Å². The lowest BCUT2D eigenvalue weighted by Crippen LogP contribution is -2.49. The van der Waals surface area contributed by atoms with Crippen molar-refractivity contribution in [3.05, 3.63) is 29.8 Å². The summed E-state index contributed by atoms with van der Waals surface area (Å²) in [5.74, 6) is -3.12. The van der Waals surface area contributed by atoms with E-state index in [-0.39, 0.29) is 17.2 Å². The minimum atomic E-state index is -3.12. The van der Waals surface area contributed by atoms with Crippen molar-refractivity contribution < 1.29 is 18.3 Å². The Morgan fingerprint density at radius 3 is 2.57 bits per heavy atom. The van der Waals surface area contributed by atoms with Crippen molar-refractivity contribution in [2.75, 3.05) is 6.61 Å². The fraction of sp³-hybridized carbons (Fsp3) is 0.500. The Hall–Kier alpha value is -1.01. The topological polar surface area (TPSA) is 38.3 Å². The molecule has 1 N–H and O–H groups in total. The van der Waals surface area contributed by atoms with Gasteiger partial charge in [0.25, 0.3) is 0 Å². The predicted octanol–water partition coefficient (Wildman–Crippen LogP) is 4.42. The molecule has 0 aliphatic carbocycles. The summed E-state index contributed by atoms with van der Waals surface area (Å²) in [6.07, 6.45) is -0.809. The highest BCUT2D eigenvalue weighted by molar-refractivity contribution is 8.00.